The van der Waals surface area contributed by atoms with Crippen LogP contribution in [0.5, 0.6) is 0 Å². The molecule has 0 aliphatic heterocycles. The second-order valence-electron chi connectivity index (χ2n) is 7.20. The van der Waals surface area contributed by atoms with Crippen molar-refractivity contribution in [3.63, 3.8) is 0 Å². The molecule has 0 radical (unpaired) electrons. The van der Waals surface area contributed by atoms with Crippen LogP contribution in [0.3, 0.4) is 0 Å². The zero-order valence-corrected chi connectivity index (χ0v) is 12.9. The lowest BCUT2D eigenvalue weighted by Crippen LogP contribution is -2.48. The first-order valence-electron chi connectivity index (χ1n) is 7.85. The van der Waals surface area contributed by atoms with E-state index in [1.807, 2.05) is 0 Å². The van der Waals surface area contributed by atoms with Gasteiger partial charge in [-0.2, -0.15) is 0 Å². The third kappa shape index (κ3) is 4.79. The van der Waals surface area contributed by atoms with Gasteiger partial charge in [-0.1, -0.05) is 13.8 Å². The lowest BCUT2D eigenvalue weighted by molar-refractivity contribution is -0.135. The first-order valence-corrected chi connectivity index (χ1v) is 7.85. The summed E-state index contributed by atoms with van der Waals surface area (Å²) < 4.78 is 5.91. The van der Waals surface area contributed by atoms with Crippen LogP contribution in [-0.2, 0) is 9.53 Å². The van der Waals surface area contributed by atoms with Crippen LogP contribution in [0.15, 0.2) is 0 Å². The Labute approximate surface area is 117 Å². The lowest BCUT2D eigenvalue weighted by Gasteiger charge is -2.27. The minimum atomic E-state index is -0.235. The van der Waals surface area contributed by atoms with Crippen LogP contribution in [0.2, 0.25) is 0 Å². The highest BCUT2D eigenvalue weighted by atomic mass is 16.5. The summed E-state index contributed by atoms with van der Waals surface area (Å²) in [5.41, 5.74) is -0.132. The van der Waals surface area contributed by atoms with Gasteiger partial charge in [-0.05, 0) is 63.7 Å². The van der Waals surface area contributed by atoms with Crippen LogP contribution in [0.25, 0.3) is 0 Å². The Morgan fingerprint density at radius 1 is 1.42 bits per heavy atom. The second kappa shape index (κ2) is 5.82. The van der Waals surface area contributed by atoms with Gasteiger partial charge >= 0.3 is 0 Å². The number of amides is 1. The van der Waals surface area contributed by atoms with E-state index in [2.05, 4.69) is 33.0 Å². The summed E-state index contributed by atoms with van der Waals surface area (Å²) in [4.78, 5) is 12.4. The molecule has 0 saturated heterocycles. The van der Waals surface area contributed by atoms with Gasteiger partial charge in [0, 0.05) is 5.54 Å². The van der Waals surface area contributed by atoms with Gasteiger partial charge in [-0.15, -0.1) is 0 Å². The van der Waals surface area contributed by atoms with E-state index in [0.717, 1.165) is 25.4 Å². The van der Waals surface area contributed by atoms with E-state index in [0.29, 0.717) is 11.8 Å². The number of hydrogen-bond acceptors (Lipinski definition) is 2. The van der Waals surface area contributed by atoms with Crippen LogP contribution in [0, 0.1) is 17.8 Å². The van der Waals surface area contributed by atoms with E-state index in [1.165, 1.54) is 19.3 Å². The van der Waals surface area contributed by atoms with E-state index in [-0.39, 0.29) is 17.6 Å². The van der Waals surface area contributed by atoms with Crippen LogP contribution < -0.4 is 5.32 Å². The maximum atomic E-state index is 12.4. The highest BCUT2D eigenvalue weighted by Crippen LogP contribution is 2.42. The van der Waals surface area contributed by atoms with Gasteiger partial charge in [-0.25, -0.2) is 0 Å². The Kier molecular flexibility index (Phi) is 4.54. The molecule has 2 fully saturated rings. The summed E-state index contributed by atoms with van der Waals surface area (Å²) in [5.74, 6) is 2.27. The van der Waals surface area contributed by atoms with Gasteiger partial charge in [0.2, 0.25) is 5.91 Å². The Morgan fingerprint density at radius 2 is 2.05 bits per heavy atom. The third-order valence-corrected chi connectivity index (χ3v) is 4.66. The Morgan fingerprint density at radius 3 is 2.53 bits per heavy atom. The molecular formula is C16H29NO2. The zero-order chi connectivity index (χ0) is 14.0. The Balaban J connectivity index is 1.84. The van der Waals surface area contributed by atoms with Crippen molar-refractivity contribution >= 4 is 5.91 Å². The van der Waals surface area contributed by atoms with Crippen molar-refractivity contribution in [2.75, 3.05) is 6.61 Å². The summed E-state index contributed by atoms with van der Waals surface area (Å²) in [6.07, 6.45) is 5.41. The summed E-state index contributed by atoms with van der Waals surface area (Å²) in [5, 5.41) is 3.13. The molecule has 1 N–H and O–H groups in total. The van der Waals surface area contributed by atoms with E-state index < -0.39 is 0 Å². The molecule has 3 unspecified atom stereocenters. The molecule has 0 aromatic rings. The molecule has 0 bridgehead atoms. The van der Waals surface area contributed by atoms with Crippen molar-refractivity contribution in [3.8, 4) is 0 Å². The van der Waals surface area contributed by atoms with Crippen molar-refractivity contribution in [1.82, 2.24) is 5.32 Å². The second-order valence-corrected chi connectivity index (χ2v) is 7.20. The smallest absolute Gasteiger partial charge is 0.249 e. The topological polar surface area (TPSA) is 38.3 Å². The molecule has 1 amide bonds. The van der Waals surface area contributed by atoms with Crippen LogP contribution in [0.1, 0.15) is 59.8 Å². The molecule has 110 valence electrons. The summed E-state index contributed by atoms with van der Waals surface area (Å²) >= 11 is 0. The number of nitrogens with one attached hydrogen (secondary N) is 1. The minimum Gasteiger partial charge on any atom is -0.368 e. The number of carbonyl (C=O) groups excluding carboxylic acids is 1. The maximum Gasteiger partial charge on any atom is 0.249 e. The van der Waals surface area contributed by atoms with E-state index in [4.69, 9.17) is 4.74 Å². The maximum absolute atomic E-state index is 12.4. The van der Waals surface area contributed by atoms with Crippen LogP contribution in [-0.4, -0.2) is 24.2 Å². The van der Waals surface area contributed by atoms with Gasteiger partial charge in [0.15, 0.2) is 0 Å². The first kappa shape index (κ1) is 14.8. The molecule has 2 rings (SSSR count). The van der Waals surface area contributed by atoms with Gasteiger partial charge in [0.1, 0.15) is 6.10 Å². The van der Waals surface area contributed by atoms with Crippen molar-refractivity contribution in [3.05, 3.63) is 0 Å². The molecule has 0 aromatic heterocycles. The normalized spacial score (nSPS) is 28.0. The van der Waals surface area contributed by atoms with Gasteiger partial charge < -0.3 is 10.1 Å². The first-order chi connectivity index (χ1) is 8.91. The highest BCUT2D eigenvalue weighted by molar-refractivity contribution is 5.81. The van der Waals surface area contributed by atoms with E-state index in [1.54, 1.807) is 0 Å². The molecule has 2 saturated carbocycles. The molecule has 0 aromatic carbocycles. The fourth-order valence-corrected chi connectivity index (χ4v) is 2.29. The molecule has 3 heteroatoms. The highest BCUT2D eigenvalue weighted by Gasteiger charge is 2.38. The number of ether oxygens (including phenoxy) is 1. The SMILES string of the molecule is CCC(C)(C)NC(=O)C(CC1CC1C)OCC1CC1. The van der Waals surface area contributed by atoms with Gasteiger partial charge in [-0.3, -0.25) is 4.79 Å². The number of rotatable bonds is 8. The fourth-order valence-electron chi connectivity index (χ4n) is 2.29. The van der Waals surface area contributed by atoms with E-state index in [9.17, 15) is 4.79 Å². The molecule has 0 heterocycles. The molecule has 2 aliphatic carbocycles. The third-order valence-electron chi connectivity index (χ3n) is 4.66. The van der Waals surface area contributed by atoms with Crippen molar-refractivity contribution in [2.24, 2.45) is 17.8 Å². The van der Waals surface area contributed by atoms with Crippen molar-refractivity contribution in [2.45, 2.75) is 71.4 Å². The monoisotopic (exact) mass is 267 g/mol. The summed E-state index contributed by atoms with van der Waals surface area (Å²) in [6.45, 7) is 9.27. The Hall–Kier alpha value is -0.570. The predicted molar refractivity (Wildman–Crippen MR) is 76.9 cm³/mol. The van der Waals surface area contributed by atoms with Crippen molar-refractivity contribution in [1.29, 1.82) is 0 Å². The Bertz CT molecular complexity index is 323. The molecule has 0 spiro atoms. The standard InChI is InChI=1S/C16H29NO2/c1-5-16(3,4)17-15(18)14(9-13-8-11(13)2)19-10-12-6-7-12/h11-14H,5-10H2,1-4H3,(H,17,18). The summed E-state index contributed by atoms with van der Waals surface area (Å²) in [7, 11) is 0. The van der Waals surface area contributed by atoms with Crippen LogP contribution >= 0.6 is 0 Å². The number of carbonyl (C=O) groups is 1. The molecule has 3 nitrogen and oxygen atoms in total. The van der Waals surface area contributed by atoms with Crippen LogP contribution in [0.4, 0.5) is 0 Å². The average Bonchev–Trinajstić information content (AvgIpc) is 3.23. The zero-order valence-electron chi connectivity index (χ0n) is 12.9. The quantitative estimate of drug-likeness (QED) is 0.733. The van der Waals surface area contributed by atoms with Gasteiger partial charge in [0.05, 0.1) is 6.61 Å². The average molecular weight is 267 g/mol. The summed E-state index contributed by atoms with van der Waals surface area (Å²) in [6, 6.07) is 0. The molecule has 3 atom stereocenters. The lowest BCUT2D eigenvalue weighted by atomic mass is 10.0. The molecular weight excluding hydrogens is 238 g/mol. The largest absolute Gasteiger partial charge is 0.368 e. The van der Waals surface area contributed by atoms with E-state index >= 15 is 0 Å². The fraction of sp³-hybridized carbons (Fsp3) is 0.938. The van der Waals surface area contributed by atoms with Gasteiger partial charge in [0.25, 0.3) is 0 Å². The predicted octanol–water partition coefficient (Wildman–Crippen LogP) is 3.13. The number of hydrogen-bond donors (Lipinski definition) is 1. The molecule has 2 aliphatic rings. The molecule has 19 heavy (non-hydrogen) atoms. The minimum absolute atomic E-state index is 0.0894. The van der Waals surface area contributed by atoms with Crippen molar-refractivity contribution < 1.29 is 9.53 Å².